The molecule has 4 N–H and O–H groups in total. The summed E-state index contributed by atoms with van der Waals surface area (Å²) >= 11 is 0. The molecule has 0 aliphatic heterocycles. The van der Waals surface area contributed by atoms with Gasteiger partial charge < -0.3 is 16.2 Å². The van der Waals surface area contributed by atoms with Crippen LogP contribution >= 0.6 is 0 Å². The van der Waals surface area contributed by atoms with E-state index in [4.69, 9.17) is 16.2 Å². The maximum atomic E-state index is 6.34. The molecule has 0 spiro atoms. The molecule has 1 aromatic carbocycles. The second-order valence-corrected chi connectivity index (χ2v) is 4.91. The fraction of sp³-hybridized carbons (Fsp3) is 0.571. The van der Waals surface area contributed by atoms with Crippen molar-refractivity contribution in [1.29, 1.82) is 0 Å². The number of rotatable bonds is 5. The average Bonchev–Trinajstić information content (AvgIpc) is 2.29. The first-order valence-corrected chi connectivity index (χ1v) is 6.11. The SMILES string of the molecule is COc1ccc(C)cc1C(N)C(CN)C(C)C. The van der Waals surface area contributed by atoms with E-state index in [-0.39, 0.29) is 12.0 Å². The van der Waals surface area contributed by atoms with Crippen LogP contribution in [0, 0.1) is 18.8 Å². The second kappa shape index (κ2) is 6.03. The summed E-state index contributed by atoms with van der Waals surface area (Å²) in [6, 6.07) is 6.02. The zero-order valence-electron chi connectivity index (χ0n) is 11.2. The summed E-state index contributed by atoms with van der Waals surface area (Å²) in [6.45, 7) is 6.96. The maximum Gasteiger partial charge on any atom is 0.123 e. The van der Waals surface area contributed by atoms with Gasteiger partial charge in [-0.05, 0) is 31.4 Å². The standard InChI is InChI=1S/C14H24N2O/c1-9(2)12(8-15)14(16)11-7-10(3)5-6-13(11)17-4/h5-7,9,12,14H,8,15-16H2,1-4H3. The Labute approximate surface area is 104 Å². The maximum absolute atomic E-state index is 6.34. The van der Waals surface area contributed by atoms with Crippen molar-refractivity contribution in [2.75, 3.05) is 13.7 Å². The first-order chi connectivity index (χ1) is 8.01. The first kappa shape index (κ1) is 14.0. The van der Waals surface area contributed by atoms with Gasteiger partial charge in [-0.3, -0.25) is 0 Å². The zero-order chi connectivity index (χ0) is 13.0. The summed E-state index contributed by atoms with van der Waals surface area (Å²) in [7, 11) is 1.67. The van der Waals surface area contributed by atoms with Crippen molar-refractivity contribution < 1.29 is 4.74 Å². The lowest BCUT2D eigenvalue weighted by molar-refractivity contribution is 0.320. The van der Waals surface area contributed by atoms with Gasteiger partial charge in [-0.1, -0.05) is 31.5 Å². The van der Waals surface area contributed by atoms with Gasteiger partial charge in [0.1, 0.15) is 5.75 Å². The minimum absolute atomic E-state index is 0.0742. The number of nitrogens with two attached hydrogens (primary N) is 2. The molecule has 0 saturated carbocycles. The molecule has 0 heterocycles. The van der Waals surface area contributed by atoms with Crippen LogP contribution in [0.15, 0.2) is 18.2 Å². The van der Waals surface area contributed by atoms with E-state index in [1.54, 1.807) is 7.11 Å². The number of hydrogen-bond acceptors (Lipinski definition) is 3. The van der Waals surface area contributed by atoms with Crippen molar-refractivity contribution in [2.45, 2.75) is 26.8 Å². The third kappa shape index (κ3) is 3.20. The van der Waals surface area contributed by atoms with Gasteiger partial charge in [-0.25, -0.2) is 0 Å². The molecule has 0 amide bonds. The van der Waals surface area contributed by atoms with Crippen LogP contribution in [0.3, 0.4) is 0 Å². The molecule has 0 aromatic heterocycles. The largest absolute Gasteiger partial charge is 0.496 e. The lowest BCUT2D eigenvalue weighted by atomic mass is 9.84. The Morgan fingerprint density at radius 2 is 1.94 bits per heavy atom. The molecule has 0 fully saturated rings. The monoisotopic (exact) mass is 236 g/mol. The molecule has 1 aromatic rings. The summed E-state index contributed by atoms with van der Waals surface area (Å²) in [4.78, 5) is 0. The molecule has 3 heteroatoms. The smallest absolute Gasteiger partial charge is 0.123 e. The van der Waals surface area contributed by atoms with Gasteiger partial charge in [0, 0.05) is 11.6 Å². The van der Waals surface area contributed by atoms with Crippen molar-refractivity contribution in [1.82, 2.24) is 0 Å². The minimum atomic E-state index is -0.0742. The zero-order valence-corrected chi connectivity index (χ0v) is 11.2. The van der Waals surface area contributed by atoms with Crippen LogP contribution in [-0.4, -0.2) is 13.7 Å². The third-order valence-corrected chi connectivity index (χ3v) is 3.33. The number of benzene rings is 1. The number of ether oxygens (including phenoxy) is 1. The first-order valence-electron chi connectivity index (χ1n) is 6.11. The van der Waals surface area contributed by atoms with E-state index in [1.807, 2.05) is 12.1 Å². The highest BCUT2D eigenvalue weighted by atomic mass is 16.5. The Morgan fingerprint density at radius 3 is 2.41 bits per heavy atom. The molecule has 1 rings (SSSR count). The molecule has 2 atom stereocenters. The summed E-state index contributed by atoms with van der Waals surface area (Å²) in [5.74, 6) is 1.58. The Kier molecular flexibility index (Phi) is 4.97. The van der Waals surface area contributed by atoms with Crippen molar-refractivity contribution in [3.8, 4) is 5.75 Å². The van der Waals surface area contributed by atoms with Crippen molar-refractivity contribution in [3.63, 3.8) is 0 Å². The van der Waals surface area contributed by atoms with Crippen molar-refractivity contribution >= 4 is 0 Å². The Balaban J connectivity index is 3.08. The van der Waals surface area contributed by atoms with Gasteiger partial charge >= 0.3 is 0 Å². The minimum Gasteiger partial charge on any atom is -0.496 e. The molecule has 0 radical (unpaired) electrons. The lowest BCUT2D eigenvalue weighted by Crippen LogP contribution is -2.32. The topological polar surface area (TPSA) is 61.3 Å². The summed E-state index contributed by atoms with van der Waals surface area (Å²) < 4.78 is 5.38. The van der Waals surface area contributed by atoms with Crippen LogP contribution < -0.4 is 16.2 Å². The van der Waals surface area contributed by atoms with Crippen LogP contribution in [0.2, 0.25) is 0 Å². The summed E-state index contributed by atoms with van der Waals surface area (Å²) in [5, 5.41) is 0. The number of methoxy groups -OCH3 is 1. The second-order valence-electron chi connectivity index (χ2n) is 4.91. The molecule has 0 saturated heterocycles. The van der Waals surface area contributed by atoms with Gasteiger partial charge in [0.2, 0.25) is 0 Å². The highest BCUT2D eigenvalue weighted by molar-refractivity contribution is 5.39. The van der Waals surface area contributed by atoms with Gasteiger partial charge in [0.05, 0.1) is 7.11 Å². The molecule has 96 valence electrons. The summed E-state index contributed by atoms with van der Waals surface area (Å²) in [6.07, 6.45) is 0. The molecule has 0 bridgehead atoms. The van der Waals surface area contributed by atoms with E-state index in [2.05, 4.69) is 26.8 Å². The number of hydrogen-bond donors (Lipinski definition) is 2. The Bertz CT molecular complexity index is 363. The van der Waals surface area contributed by atoms with E-state index in [0.717, 1.165) is 11.3 Å². The predicted octanol–water partition coefficient (Wildman–Crippen LogP) is 2.23. The van der Waals surface area contributed by atoms with Gasteiger partial charge in [-0.2, -0.15) is 0 Å². The van der Waals surface area contributed by atoms with E-state index in [1.165, 1.54) is 5.56 Å². The lowest BCUT2D eigenvalue weighted by Gasteiger charge is -2.27. The van der Waals surface area contributed by atoms with Crippen molar-refractivity contribution in [3.05, 3.63) is 29.3 Å². The van der Waals surface area contributed by atoms with Gasteiger partial charge in [-0.15, -0.1) is 0 Å². The van der Waals surface area contributed by atoms with Crippen molar-refractivity contribution in [2.24, 2.45) is 23.3 Å². The normalized spacial score (nSPS) is 14.8. The molecular formula is C14H24N2O. The van der Waals surface area contributed by atoms with E-state index in [0.29, 0.717) is 12.5 Å². The predicted molar refractivity (Wildman–Crippen MR) is 72.0 cm³/mol. The van der Waals surface area contributed by atoms with Crippen LogP contribution in [0.1, 0.15) is 31.0 Å². The van der Waals surface area contributed by atoms with Crippen LogP contribution in [0.25, 0.3) is 0 Å². The Morgan fingerprint density at radius 1 is 1.29 bits per heavy atom. The number of aryl methyl sites for hydroxylation is 1. The fourth-order valence-corrected chi connectivity index (χ4v) is 2.18. The molecule has 17 heavy (non-hydrogen) atoms. The molecule has 2 unspecified atom stereocenters. The molecule has 0 aliphatic carbocycles. The quantitative estimate of drug-likeness (QED) is 0.824. The third-order valence-electron chi connectivity index (χ3n) is 3.33. The highest BCUT2D eigenvalue weighted by Crippen LogP contribution is 2.32. The van der Waals surface area contributed by atoms with Crippen LogP contribution in [0.5, 0.6) is 5.75 Å². The van der Waals surface area contributed by atoms with Gasteiger partial charge in [0.25, 0.3) is 0 Å². The highest BCUT2D eigenvalue weighted by Gasteiger charge is 2.23. The van der Waals surface area contributed by atoms with Gasteiger partial charge in [0.15, 0.2) is 0 Å². The summed E-state index contributed by atoms with van der Waals surface area (Å²) in [5.41, 5.74) is 14.4. The molecule has 0 aliphatic rings. The van der Waals surface area contributed by atoms with Crippen LogP contribution in [0.4, 0.5) is 0 Å². The average molecular weight is 236 g/mol. The van der Waals surface area contributed by atoms with E-state index in [9.17, 15) is 0 Å². The Hall–Kier alpha value is -1.06. The van der Waals surface area contributed by atoms with E-state index >= 15 is 0 Å². The van der Waals surface area contributed by atoms with Crippen LogP contribution in [-0.2, 0) is 0 Å². The molecular weight excluding hydrogens is 212 g/mol. The van der Waals surface area contributed by atoms with E-state index < -0.39 is 0 Å². The molecule has 3 nitrogen and oxygen atoms in total. The fourth-order valence-electron chi connectivity index (χ4n) is 2.18.